The number of primary amides is 1. The van der Waals surface area contributed by atoms with Crippen LogP contribution in [0.25, 0.3) is 0 Å². The molecule has 76 valence electrons. The van der Waals surface area contributed by atoms with Crippen molar-refractivity contribution in [3.63, 3.8) is 0 Å². The smallest absolute Gasteiger partial charge is 0.325 e. The van der Waals surface area contributed by atoms with Crippen LogP contribution in [0.1, 0.15) is 6.92 Å². The summed E-state index contributed by atoms with van der Waals surface area (Å²) in [4.78, 5) is 22.8. The van der Waals surface area contributed by atoms with Gasteiger partial charge in [0.25, 0.3) is 0 Å². The third-order valence-corrected chi connectivity index (χ3v) is 2.23. The number of carbonyl (C=O) groups is 2. The molecule has 0 aromatic rings. The van der Waals surface area contributed by atoms with Gasteiger partial charge in [0.2, 0.25) is 0 Å². The van der Waals surface area contributed by atoms with E-state index in [1.54, 1.807) is 18.8 Å². The van der Waals surface area contributed by atoms with E-state index in [9.17, 15) is 9.59 Å². The minimum absolute atomic E-state index is 0.454. The second kappa shape index (κ2) is 6.59. The number of nitrogens with zero attached hydrogens (tertiary/aromatic N) is 1. The molecule has 0 aromatic heterocycles. The Morgan fingerprint density at radius 2 is 2.15 bits per heavy atom. The Kier molecular flexibility index (Phi) is 6.13. The average Bonchev–Trinajstić information content (AvgIpc) is 2.03. The lowest BCUT2D eigenvalue weighted by Gasteiger charge is -2.15. The van der Waals surface area contributed by atoms with Crippen LogP contribution in [0, 0.1) is 0 Å². The molecule has 0 saturated heterocycles. The number of thioether (sulfide) groups is 1. The van der Waals surface area contributed by atoms with Crippen molar-refractivity contribution in [3.8, 4) is 0 Å². The van der Waals surface area contributed by atoms with Crippen molar-refractivity contribution in [2.75, 3.05) is 25.1 Å². The molecule has 0 heterocycles. The minimum atomic E-state index is -0.819. The molecule has 0 aliphatic carbocycles. The predicted octanol–water partition coefficient (Wildman–Crippen LogP) is 0.460. The van der Waals surface area contributed by atoms with Gasteiger partial charge < -0.3 is 10.6 Å². The predicted molar refractivity (Wildman–Crippen MR) is 53.7 cm³/mol. The summed E-state index contributed by atoms with van der Waals surface area (Å²) in [5, 5.41) is 1.99. The molecule has 0 spiro atoms. The lowest BCUT2D eigenvalue weighted by molar-refractivity contribution is 0.208. The molecule has 0 unspecified atom stereocenters. The Bertz CT molecular complexity index is 187. The van der Waals surface area contributed by atoms with E-state index in [1.807, 2.05) is 12.2 Å². The molecule has 0 aromatic carbocycles. The van der Waals surface area contributed by atoms with Crippen LogP contribution in [0.15, 0.2) is 0 Å². The lowest BCUT2D eigenvalue weighted by Crippen LogP contribution is -2.43. The Labute approximate surface area is 82.0 Å². The number of rotatable bonds is 4. The molecule has 5 nitrogen and oxygen atoms in total. The molecule has 3 N–H and O–H groups in total. The fourth-order valence-electron chi connectivity index (χ4n) is 0.648. The molecular weight excluding hydrogens is 190 g/mol. The number of carbonyl (C=O) groups excluding carboxylic acids is 2. The molecule has 0 aliphatic heterocycles. The second-order valence-corrected chi connectivity index (χ2v) is 3.81. The van der Waals surface area contributed by atoms with Crippen LogP contribution in [0.4, 0.5) is 9.59 Å². The number of nitrogens with two attached hydrogens (primary N) is 1. The summed E-state index contributed by atoms with van der Waals surface area (Å²) in [6.07, 6.45) is 0. The van der Waals surface area contributed by atoms with Gasteiger partial charge in [0.05, 0.1) is 0 Å². The Morgan fingerprint density at radius 3 is 2.62 bits per heavy atom. The van der Waals surface area contributed by atoms with Gasteiger partial charge in [-0.3, -0.25) is 5.32 Å². The van der Waals surface area contributed by atoms with Crippen LogP contribution < -0.4 is 11.1 Å². The maximum Gasteiger partial charge on any atom is 0.325 e. The summed E-state index contributed by atoms with van der Waals surface area (Å²) < 4.78 is 0. The van der Waals surface area contributed by atoms with Crippen LogP contribution in [0.2, 0.25) is 0 Å². The first-order chi connectivity index (χ1) is 6.07. The Balaban J connectivity index is 3.63. The SMILES string of the molecule is CCSCCN(C)C(=O)NC(N)=O. The summed E-state index contributed by atoms with van der Waals surface area (Å²) >= 11 is 1.73. The van der Waals surface area contributed by atoms with E-state index in [2.05, 4.69) is 0 Å². The van der Waals surface area contributed by atoms with Gasteiger partial charge in [-0.25, -0.2) is 9.59 Å². The quantitative estimate of drug-likeness (QED) is 0.655. The van der Waals surface area contributed by atoms with Crippen molar-refractivity contribution >= 4 is 23.8 Å². The molecule has 0 aliphatic rings. The number of hydrogen-bond acceptors (Lipinski definition) is 3. The van der Waals surface area contributed by atoms with Gasteiger partial charge in [0, 0.05) is 19.3 Å². The van der Waals surface area contributed by atoms with E-state index in [4.69, 9.17) is 5.73 Å². The third-order valence-electron chi connectivity index (χ3n) is 1.35. The number of amides is 4. The summed E-state index contributed by atoms with van der Waals surface area (Å²) in [6.45, 7) is 2.66. The molecule has 13 heavy (non-hydrogen) atoms. The maximum atomic E-state index is 11.1. The second-order valence-electron chi connectivity index (χ2n) is 2.41. The van der Waals surface area contributed by atoms with E-state index in [0.29, 0.717) is 6.54 Å². The highest BCUT2D eigenvalue weighted by Gasteiger charge is 2.08. The standard InChI is InChI=1S/C7H15N3O2S/c1-3-13-5-4-10(2)7(12)9-6(8)11/h3-5H2,1-2H3,(H3,8,9,11,12). The first-order valence-electron chi connectivity index (χ1n) is 3.97. The van der Waals surface area contributed by atoms with Gasteiger partial charge in [-0.15, -0.1) is 0 Å². The van der Waals surface area contributed by atoms with Gasteiger partial charge >= 0.3 is 12.1 Å². The first kappa shape index (κ1) is 12.1. The van der Waals surface area contributed by atoms with Crippen LogP contribution in [0.5, 0.6) is 0 Å². The van der Waals surface area contributed by atoms with Crippen LogP contribution in [0.3, 0.4) is 0 Å². The minimum Gasteiger partial charge on any atom is -0.351 e. The van der Waals surface area contributed by atoms with E-state index < -0.39 is 12.1 Å². The number of hydrogen-bond donors (Lipinski definition) is 2. The average molecular weight is 205 g/mol. The fourth-order valence-corrected chi connectivity index (χ4v) is 1.34. The van der Waals surface area contributed by atoms with E-state index in [0.717, 1.165) is 11.5 Å². The molecule has 4 amide bonds. The Hall–Kier alpha value is -0.910. The van der Waals surface area contributed by atoms with E-state index in [1.165, 1.54) is 4.90 Å². The summed E-state index contributed by atoms with van der Waals surface area (Å²) in [5.41, 5.74) is 4.78. The fraction of sp³-hybridized carbons (Fsp3) is 0.714. The van der Waals surface area contributed by atoms with E-state index >= 15 is 0 Å². The molecule has 0 fully saturated rings. The Morgan fingerprint density at radius 1 is 1.54 bits per heavy atom. The van der Waals surface area contributed by atoms with Crippen LogP contribution in [-0.2, 0) is 0 Å². The molecule has 6 heteroatoms. The van der Waals surface area contributed by atoms with Crippen molar-refractivity contribution in [1.82, 2.24) is 10.2 Å². The van der Waals surface area contributed by atoms with Crippen molar-refractivity contribution in [3.05, 3.63) is 0 Å². The van der Waals surface area contributed by atoms with Crippen molar-refractivity contribution < 1.29 is 9.59 Å². The number of imide groups is 1. The monoisotopic (exact) mass is 205 g/mol. The molecule has 0 bridgehead atoms. The summed E-state index contributed by atoms with van der Waals surface area (Å²) in [5.74, 6) is 1.88. The maximum absolute atomic E-state index is 11.1. The summed E-state index contributed by atoms with van der Waals surface area (Å²) in [7, 11) is 1.62. The molecule has 0 radical (unpaired) electrons. The molecule has 0 rings (SSSR count). The first-order valence-corrected chi connectivity index (χ1v) is 5.12. The highest BCUT2D eigenvalue weighted by molar-refractivity contribution is 7.99. The molecule has 0 saturated carbocycles. The van der Waals surface area contributed by atoms with Crippen LogP contribution >= 0.6 is 11.8 Å². The van der Waals surface area contributed by atoms with Crippen molar-refractivity contribution in [2.24, 2.45) is 5.73 Å². The number of urea groups is 2. The van der Waals surface area contributed by atoms with Gasteiger partial charge in [0.1, 0.15) is 0 Å². The summed E-state index contributed by atoms with van der Waals surface area (Å²) in [6, 6.07) is -1.27. The lowest BCUT2D eigenvalue weighted by atomic mass is 10.6. The van der Waals surface area contributed by atoms with Gasteiger partial charge in [-0.05, 0) is 5.75 Å². The largest absolute Gasteiger partial charge is 0.351 e. The zero-order valence-corrected chi connectivity index (χ0v) is 8.69. The van der Waals surface area contributed by atoms with Gasteiger partial charge in [-0.1, -0.05) is 6.92 Å². The number of nitrogens with one attached hydrogen (secondary N) is 1. The highest BCUT2D eigenvalue weighted by Crippen LogP contribution is 1.98. The van der Waals surface area contributed by atoms with Gasteiger partial charge in [0.15, 0.2) is 0 Å². The van der Waals surface area contributed by atoms with E-state index in [-0.39, 0.29) is 0 Å². The normalized spacial score (nSPS) is 9.38. The zero-order chi connectivity index (χ0) is 10.3. The molecular formula is C7H15N3O2S. The van der Waals surface area contributed by atoms with Crippen molar-refractivity contribution in [1.29, 1.82) is 0 Å². The molecule has 0 atom stereocenters. The zero-order valence-electron chi connectivity index (χ0n) is 7.87. The van der Waals surface area contributed by atoms with Crippen LogP contribution in [-0.4, -0.2) is 42.1 Å². The van der Waals surface area contributed by atoms with Crippen molar-refractivity contribution in [2.45, 2.75) is 6.92 Å². The van der Waals surface area contributed by atoms with Gasteiger partial charge in [-0.2, -0.15) is 11.8 Å². The topological polar surface area (TPSA) is 75.4 Å². The highest BCUT2D eigenvalue weighted by atomic mass is 32.2. The third kappa shape index (κ3) is 6.27.